The Bertz CT molecular complexity index is 971. The third kappa shape index (κ3) is 6.87. The van der Waals surface area contributed by atoms with E-state index in [-0.39, 0.29) is 11.9 Å². The van der Waals surface area contributed by atoms with Crippen LogP contribution in [0.2, 0.25) is 0 Å². The smallest absolute Gasteiger partial charge is 0.410 e. The van der Waals surface area contributed by atoms with Gasteiger partial charge in [-0.3, -0.25) is 0 Å². The van der Waals surface area contributed by atoms with E-state index in [1.165, 1.54) is 23.6 Å². The number of rotatable bonds is 5. The standard InChI is InChI=1S/C23H28BrFN4O2S/c1-16-5-7-18(8-6-16)32-27-26-15-17-13-20(25)19(24)14-21(17)28-9-11-29(12-10-28)22(30)31-23(2,3)4/h5-8,13-15,27H,9-12H2,1-4H3/b26-15+. The van der Waals surface area contributed by atoms with E-state index in [0.29, 0.717) is 36.2 Å². The average Bonchev–Trinajstić information content (AvgIpc) is 2.73. The van der Waals surface area contributed by atoms with Crippen LogP contribution < -0.4 is 9.73 Å². The lowest BCUT2D eigenvalue weighted by atomic mass is 10.1. The molecule has 9 heteroatoms. The fourth-order valence-electron chi connectivity index (χ4n) is 3.17. The molecule has 0 aromatic heterocycles. The Labute approximate surface area is 201 Å². The third-order valence-corrected chi connectivity index (χ3v) is 6.09. The van der Waals surface area contributed by atoms with Gasteiger partial charge in [0.25, 0.3) is 0 Å². The van der Waals surface area contributed by atoms with E-state index >= 15 is 0 Å². The molecule has 172 valence electrons. The number of carbonyl (C=O) groups is 1. The number of piperazine rings is 1. The predicted molar refractivity (Wildman–Crippen MR) is 132 cm³/mol. The molecule has 0 bridgehead atoms. The number of nitrogens with zero attached hydrogens (tertiary/aromatic N) is 3. The first-order valence-corrected chi connectivity index (χ1v) is 12.0. The Morgan fingerprint density at radius 2 is 1.84 bits per heavy atom. The second kappa shape index (κ2) is 10.6. The quantitative estimate of drug-likeness (QED) is 0.315. The summed E-state index contributed by atoms with van der Waals surface area (Å²) in [4.78, 5) is 20.1. The highest BCUT2D eigenvalue weighted by Gasteiger charge is 2.27. The molecule has 0 unspecified atom stereocenters. The molecule has 1 N–H and O–H groups in total. The van der Waals surface area contributed by atoms with Crippen LogP contribution in [0.15, 0.2) is 50.9 Å². The summed E-state index contributed by atoms with van der Waals surface area (Å²) in [5.41, 5.74) is 2.18. The van der Waals surface area contributed by atoms with Crippen molar-refractivity contribution in [3.8, 4) is 0 Å². The summed E-state index contributed by atoms with van der Waals surface area (Å²) in [5.74, 6) is -0.353. The van der Waals surface area contributed by atoms with Crippen LogP contribution in [0, 0.1) is 12.7 Å². The third-order valence-electron chi connectivity index (χ3n) is 4.78. The second-order valence-electron chi connectivity index (χ2n) is 8.54. The molecule has 3 rings (SSSR count). The first kappa shape index (κ1) is 24.4. The number of ether oxygens (including phenoxy) is 1. The van der Waals surface area contributed by atoms with Crippen molar-refractivity contribution in [3.63, 3.8) is 0 Å². The lowest BCUT2D eigenvalue weighted by Crippen LogP contribution is -2.50. The number of carbonyl (C=O) groups excluding carboxylic acids is 1. The summed E-state index contributed by atoms with van der Waals surface area (Å²) in [6.45, 7) is 9.89. The van der Waals surface area contributed by atoms with Gasteiger partial charge in [-0.1, -0.05) is 17.7 Å². The molecule has 1 heterocycles. The van der Waals surface area contributed by atoms with E-state index in [1.807, 2.05) is 52.0 Å². The van der Waals surface area contributed by atoms with Crippen LogP contribution in [0.3, 0.4) is 0 Å². The zero-order valence-corrected chi connectivity index (χ0v) is 21.1. The van der Waals surface area contributed by atoms with E-state index in [4.69, 9.17) is 4.74 Å². The van der Waals surface area contributed by atoms with Crippen LogP contribution in [0.5, 0.6) is 0 Å². The maximum Gasteiger partial charge on any atom is 0.410 e. The van der Waals surface area contributed by atoms with Gasteiger partial charge < -0.3 is 14.5 Å². The molecule has 0 saturated carbocycles. The van der Waals surface area contributed by atoms with Crippen molar-refractivity contribution in [3.05, 3.63) is 57.8 Å². The van der Waals surface area contributed by atoms with Gasteiger partial charge in [0.05, 0.1) is 10.7 Å². The van der Waals surface area contributed by atoms with Crippen LogP contribution in [-0.4, -0.2) is 49.0 Å². The predicted octanol–water partition coefficient (Wildman–Crippen LogP) is 5.58. The molecule has 0 aliphatic carbocycles. The zero-order chi connectivity index (χ0) is 23.3. The molecule has 1 aliphatic rings. The lowest BCUT2D eigenvalue weighted by molar-refractivity contribution is 0.0240. The van der Waals surface area contributed by atoms with Gasteiger partial charge >= 0.3 is 6.09 Å². The van der Waals surface area contributed by atoms with Crippen molar-refractivity contribution in [1.82, 2.24) is 9.73 Å². The van der Waals surface area contributed by atoms with Gasteiger partial charge in [0.1, 0.15) is 11.4 Å². The molecule has 0 atom stereocenters. The van der Waals surface area contributed by atoms with Crippen LogP contribution in [0.25, 0.3) is 0 Å². The zero-order valence-electron chi connectivity index (χ0n) is 18.7. The summed E-state index contributed by atoms with van der Waals surface area (Å²) in [6.07, 6.45) is 1.31. The summed E-state index contributed by atoms with van der Waals surface area (Å²) in [5, 5.41) is 4.26. The molecule has 1 saturated heterocycles. The van der Waals surface area contributed by atoms with Gasteiger partial charge in [-0.2, -0.15) is 5.10 Å². The molecule has 2 aromatic rings. The van der Waals surface area contributed by atoms with Crippen LogP contribution in [-0.2, 0) is 4.74 Å². The molecule has 2 aromatic carbocycles. The monoisotopic (exact) mass is 522 g/mol. The van der Waals surface area contributed by atoms with Crippen molar-refractivity contribution in [2.75, 3.05) is 31.1 Å². The molecular weight excluding hydrogens is 495 g/mol. The Hall–Kier alpha value is -2.26. The fraction of sp³-hybridized carbons (Fsp3) is 0.391. The van der Waals surface area contributed by atoms with E-state index in [2.05, 4.69) is 30.8 Å². The van der Waals surface area contributed by atoms with Crippen LogP contribution in [0.4, 0.5) is 14.9 Å². The molecule has 0 spiro atoms. The number of nitrogens with one attached hydrogen (secondary N) is 1. The Kier molecular flexibility index (Phi) is 8.05. The Morgan fingerprint density at radius 1 is 1.19 bits per heavy atom. The maximum atomic E-state index is 14.2. The molecule has 1 amide bonds. The first-order valence-electron chi connectivity index (χ1n) is 10.4. The SMILES string of the molecule is Cc1ccc(SN/N=C/c2cc(F)c(Br)cc2N2CCN(C(=O)OC(C)(C)C)CC2)cc1. The van der Waals surface area contributed by atoms with Crippen LogP contribution >= 0.6 is 27.9 Å². The minimum Gasteiger partial charge on any atom is -0.444 e. The molecule has 0 radical (unpaired) electrons. The highest BCUT2D eigenvalue weighted by Crippen LogP contribution is 2.28. The van der Waals surface area contributed by atoms with Gasteiger partial charge in [-0.15, -0.1) is 0 Å². The normalized spacial score (nSPS) is 14.7. The molecule has 32 heavy (non-hydrogen) atoms. The molecular formula is C23H28BrFN4O2S. The first-order chi connectivity index (χ1) is 15.1. The average molecular weight is 523 g/mol. The Morgan fingerprint density at radius 3 is 2.47 bits per heavy atom. The number of hydrogen-bond acceptors (Lipinski definition) is 6. The minimum absolute atomic E-state index is 0.309. The van der Waals surface area contributed by atoms with Crippen LogP contribution in [0.1, 0.15) is 31.9 Å². The molecule has 6 nitrogen and oxygen atoms in total. The number of hydrogen-bond donors (Lipinski definition) is 1. The number of amides is 1. The molecule has 1 fully saturated rings. The minimum atomic E-state index is -0.525. The van der Waals surface area contributed by atoms with Crippen molar-refractivity contribution >= 4 is 45.9 Å². The fourth-order valence-corrected chi connectivity index (χ4v) is 3.98. The largest absolute Gasteiger partial charge is 0.444 e. The van der Waals surface area contributed by atoms with Crippen molar-refractivity contribution in [2.24, 2.45) is 5.10 Å². The maximum absolute atomic E-state index is 14.2. The van der Waals surface area contributed by atoms with Crippen molar-refractivity contribution < 1.29 is 13.9 Å². The highest BCUT2D eigenvalue weighted by atomic mass is 79.9. The van der Waals surface area contributed by atoms with E-state index in [1.54, 1.807) is 17.2 Å². The van der Waals surface area contributed by atoms with E-state index in [9.17, 15) is 9.18 Å². The number of halogens is 2. The lowest BCUT2D eigenvalue weighted by Gasteiger charge is -2.37. The van der Waals surface area contributed by atoms with Crippen molar-refractivity contribution in [1.29, 1.82) is 0 Å². The number of aryl methyl sites for hydroxylation is 1. The summed E-state index contributed by atoms with van der Waals surface area (Å²) < 4.78 is 20.1. The topological polar surface area (TPSA) is 57.2 Å². The van der Waals surface area contributed by atoms with Gasteiger partial charge in [0.15, 0.2) is 0 Å². The van der Waals surface area contributed by atoms with Gasteiger partial charge in [0, 0.05) is 54.3 Å². The molecule has 1 aliphatic heterocycles. The number of anilines is 1. The van der Waals surface area contributed by atoms with Gasteiger partial charge in [-0.05, 0) is 67.9 Å². The number of benzene rings is 2. The highest BCUT2D eigenvalue weighted by molar-refractivity contribution is 9.10. The summed E-state index contributed by atoms with van der Waals surface area (Å²) >= 11 is 4.67. The Balaban J connectivity index is 1.66. The van der Waals surface area contributed by atoms with Crippen molar-refractivity contribution in [2.45, 2.75) is 38.2 Å². The van der Waals surface area contributed by atoms with Gasteiger partial charge in [0.2, 0.25) is 0 Å². The van der Waals surface area contributed by atoms with E-state index in [0.717, 1.165) is 10.6 Å². The summed E-state index contributed by atoms with van der Waals surface area (Å²) in [6, 6.07) is 11.3. The van der Waals surface area contributed by atoms with E-state index < -0.39 is 5.60 Å². The number of hydrazone groups is 1. The van der Waals surface area contributed by atoms with Gasteiger partial charge in [-0.25, -0.2) is 14.0 Å². The second-order valence-corrected chi connectivity index (χ2v) is 10.3. The summed E-state index contributed by atoms with van der Waals surface area (Å²) in [7, 11) is 0.